The van der Waals surface area contributed by atoms with Gasteiger partial charge < -0.3 is 19.5 Å². The van der Waals surface area contributed by atoms with Crippen LogP contribution < -0.4 is 0 Å². The van der Waals surface area contributed by atoms with Crippen LogP contribution in [0.15, 0.2) is 83.4 Å². The molecule has 6 heterocycles. The number of carbonyl (C=O) groups is 2. The fraction of sp³-hybridized carbons (Fsp3) is 0.536. The first kappa shape index (κ1) is 50.4. The van der Waals surface area contributed by atoms with Crippen LogP contribution >= 0.6 is 0 Å². The zero-order valence-corrected chi connectivity index (χ0v) is 42.6. The van der Waals surface area contributed by atoms with E-state index in [1.165, 1.54) is 11.1 Å². The molecule has 4 aliphatic heterocycles. The first-order valence-electron chi connectivity index (χ1n) is 24.9. The molecule has 364 valence electrons. The van der Waals surface area contributed by atoms with Gasteiger partial charge in [-0.15, -0.1) is 0 Å². The van der Waals surface area contributed by atoms with Gasteiger partial charge >= 0.3 is 0 Å². The van der Waals surface area contributed by atoms with Gasteiger partial charge in [-0.25, -0.2) is 0 Å². The van der Waals surface area contributed by atoms with Crippen LogP contribution in [0.1, 0.15) is 131 Å². The Morgan fingerprint density at radius 3 is 1.13 bits per heavy atom. The minimum atomic E-state index is 0.127. The molecule has 8 rings (SSSR count). The van der Waals surface area contributed by atoms with Gasteiger partial charge in [-0.1, -0.05) is 70.0 Å². The average Bonchev–Trinajstić information content (AvgIpc) is 3.34. The van der Waals surface area contributed by atoms with Crippen molar-refractivity contribution < 1.29 is 19.3 Å². The summed E-state index contributed by atoms with van der Waals surface area (Å²) < 4.78 is 0. The quantitative estimate of drug-likeness (QED) is 0.114. The molecule has 2 aromatic carbocycles. The van der Waals surface area contributed by atoms with E-state index in [-0.39, 0.29) is 22.9 Å². The van der Waals surface area contributed by atoms with E-state index in [0.29, 0.717) is 11.8 Å². The number of piperidine rings is 4. The molecular weight excluding hydrogens is 849 g/mol. The van der Waals surface area contributed by atoms with Crippen LogP contribution in [0.3, 0.4) is 0 Å². The number of hydrogen-bond acceptors (Lipinski definition) is 10. The fourth-order valence-corrected chi connectivity index (χ4v) is 11.1. The highest BCUT2D eigenvalue weighted by molar-refractivity contribution is 6.02. The van der Waals surface area contributed by atoms with Gasteiger partial charge in [0.2, 0.25) is 0 Å². The maximum atomic E-state index is 13.2. The number of carbonyl (C=O) groups excluding carboxylic acids is 2. The van der Waals surface area contributed by atoms with Crippen LogP contribution in [-0.2, 0) is 9.68 Å². The molecule has 4 fully saturated rings. The number of amides is 2. The van der Waals surface area contributed by atoms with E-state index >= 15 is 0 Å². The third-order valence-electron chi connectivity index (χ3n) is 15.7. The predicted molar refractivity (Wildman–Crippen MR) is 273 cm³/mol. The number of hydrogen-bond donors (Lipinski definition) is 0. The lowest BCUT2D eigenvalue weighted by Gasteiger charge is -2.49. The monoisotopic (exact) mass is 925 g/mol. The zero-order valence-electron chi connectivity index (χ0n) is 42.6. The van der Waals surface area contributed by atoms with Crippen molar-refractivity contribution in [2.75, 3.05) is 66.6 Å². The Morgan fingerprint density at radius 1 is 0.515 bits per heavy atom. The summed E-state index contributed by atoms with van der Waals surface area (Å²) >= 11 is 0. The topological polar surface area (TPSA) is 116 Å². The number of aryl methyl sites for hydroxylation is 6. The molecule has 0 bridgehead atoms. The third kappa shape index (κ3) is 11.5. The number of pyridine rings is 2. The van der Waals surface area contributed by atoms with E-state index in [4.69, 9.17) is 9.68 Å². The van der Waals surface area contributed by atoms with Crippen molar-refractivity contribution in [3.63, 3.8) is 0 Å². The number of likely N-dealkylation sites (tertiary alicyclic amines) is 4. The SMILES string of the molecule is CO/N=C(/c1ccc(C)cc1)C1CCN(C2(C)CCN(C(=O)c3c(C)ccnc3C)CC2)CC1.CO/N=C(\c1ccc(C)cc1)C1CCN(C2(C)CCN(C(=O)c3c(C)ccnc3C)CC2)CC1. The summed E-state index contributed by atoms with van der Waals surface area (Å²) in [5, 5.41) is 8.85. The van der Waals surface area contributed by atoms with Crippen molar-refractivity contribution in [3.05, 3.63) is 129 Å². The molecule has 2 aromatic heterocycles. The predicted octanol–water partition coefficient (Wildman–Crippen LogP) is 9.53. The zero-order chi connectivity index (χ0) is 48.6. The molecule has 0 unspecified atom stereocenters. The molecule has 0 atom stereocenters. The van der Waals surface area contributed by atoms with Gasteiger partial charge in [-0.05, 0) is 167 Å². The molecule has 0 spiro atoms. The number of aromatic nitrogens is 2. The first-order valence-corrected chi connectivity index (χ1v) is 24.9. The molecular formula is C56H76N8O4. The third-order valence-corrected chi connectivity index (χ3v) is 15.7. The van der Waals surface area contributed by atoms with Gasteiger partial charge in [0, 0.05) is 61.5 Å². The molecule has 2 amide bonds. The van der Waals surface area contributed by atoms with Crippen molar-refractivity contribution in [3.8, 4) is 0 Å². The largest absolute Gasteiger partial charge is 0.399 e. The molecule has 12 nitrogen and oxygen atoms in total. The second-order valence-electron chi connectivity index (χ2n) is 20.3. The average molecular weight is 925 g/mol. The maximum Gasteiger partial charge on any atom is 0.255 e. The van der Waals surface area contributed by atoms with E-state index < -0.39 is 0 Å². The van der Waals surface area contributed by atoms with Crippen molar-refractivity contribution in [2.45, 2.75) is 118 Å². The number of oxime groups is 2. The molecule has 0 saturated carbocycles. The van der Waals surface area contributed by atoms with E-state index in [1.54, 1.807) is 26.6 Å². The van der Waals surface area contributed by atoms with E-state index in [1.807, 2.05) is 49.6 Å². The minimum absolute atomic E-state index is 0.127. The van der Waals surface area contributed by atoms with Crippen molar-refractivity contribution in [1.82, 2.24) is 29.6 Å². The lowest BCUT2D eigenvalue weighted by Crippen LogP contribution is -2.56. The molecule has 0 aliphatic carbocycles. The molecule has 68 heavy (non-hydrogen) atoms. The Balaban J connectivity index is 0.000000201. The highest BCUT2D eigenvalue weighted by Gasteiger charge is 2.41. The van der Waals surface area contributed by atoms with Gasteiger partial charge in [-0.2, -0.15) is 0 Å². The summed E-state index contributed by atoms with van der Waals surface area (Å²) in [5.41, 5.74) is 12.4. The van der Waals surface area contributed by atoms with Gasteiger partial charge in [-0.3, -0.25) is 29.4 Å². The molecule has 4 aliphatic rings. The van der Waals surface area contributed by atoms with E-state index in [9.17, 15) is 9.59 Å². The van der Waals surface area contributed by atoms with Crippen LogP contribution in [0, 0.1) is 53.4 Å². The summed E-state index contributed by atoms with van der Waals surface area (Å²) in [6.07, 6.45) is 11.8. The smallest absolute Gasteiger partial charge is 0.255 e. The number of rotatable bonds is 10. The Hall–Kier alpha value is -5.46. The van der Waals surface area contributed by atoms with Crippen molar-refractivity contribution >= 4 is 23.2 Å². The molecule has 12 heteroatoms. The summed E-state index contributed by atoms with van der Waals surface area (Å²) in [6.45, 7) is 24.2. The summed E-state index contributed by atoms with van der Waals surface area (Å²) in [5.74, 6) is 1.06. The van der Waals surface area contributed by atoms with Crippen LogP contribution in [0.4, 0.5) is 0 Å². The Labute approximate surface area is 406 Å². The Morgan fingerprint density at radius 2 is 0.838 bits per heavy atom. The van der Waals surface area contributed by atoms with Gasteiger partial charge in [0.05, 0.1) is 33.9 Å². The standard InChI is InChI=1S/2C28H38N4O2/c2*1-20-6-8-23(9-7-20)26(30-34-5)24-11-16-32(17-12-24)28(4)13-18-31(19-14-28)27(33)25-21(2)10-15-29-22(25)3/h2*6-10,15,24H,11-14,16-19H2,1-5H3/b30-26+;30-26-. The highest BCUT2D eigenvalue weighted by atomic mass is 16.6. The summed E-state index contributed by atoms with van der Waals surface area (Å²) in [6, 6.07) is 21.0. The highest BCUT2D eigenvalue weighted by Crippen LogP contribution is 2.36. The Bertz CT molecular complexity index is 2190. The normalized spacial score (nSPS) is 19.8. The first-order chi connectivity index (χ1) is 32.6. The van der Waals surface area contributed by atoms with Crippen LogP contribution in [0.5, 0.6) is 0 Å². The summed E-state index contributed by atoms with van der Waals surface area (Å²) in [7, 11) is 3.27. The molecule has 4 saturated heterocycles. The lowest BCUT2D eigenvalue weighted by molar-refractivity contribution is 0.0157. The number of benzene rings is 2. The number of nitrogens with zero attached hydrogens (tertiary/aromatic N) is 8. The minimum Gasteiger partial charge on any atom is -0.399 e. The summed E-state index contributed by atoms with van der Waals surface area (Å²) in [4.78, 5) is 54.9. The second kappa shape index (κ2) is 22.3. The molecule has 4 aromatic rings. The van der Waals surface area contributed by atoms with Crippen LogP contribution in [0.2, 0.25) is 0 Å². The Kier molecular flexibility index (Phi) is 16.5. The van der Waals surface area contributed by atoms with E-state index in [0.717, 1.165) is 160 Å². The fourth-order valence-electron chi connectivity index (χ4n) is 11.1. The molecule has 0 N–H and O–H groups in total. The van der Waals surface area contributed by atoms with Crippen molar-refractivity contribution in [2.24, 2.45) is 22.1 Å². The maximum absolute atomic E-state index is 13.2. The van der Waals surface area contributed by atoms with Gasteiger partial charge in [0.1, 0.15) is 14.2 Å². The van der Waals surface area contributed by atoms with Crippen molar-refractivity contribution in [1.29, 1.82) is 0 Å². The van der Waals surface area contributed by atoms with Crippen LogP contribution in [0.25, 0.3) is 0 Å². The van der Waals surface area contributed by atoms with E-state index in [2.05, 4.69) is 106 Å². The van der Waals surface area contributed by atoms with Gasteiger partial charge in [0.15, 0.2) is 0 Å². The second-order valence-corrected chi connectivity index (χ2v) is 20.3. The lowest BCUT2D eigenvalue weighted by atomic mass is 9.82. The molecule has 0 radical (unpaired) electrons. The van der Waals surface area contributed by atoms with Crippen LogP contribution in [-0.4, -0.2) is 130 Å². The van der Waals surface area contributed by atoms with Gasteiger partial charge in [0.25, 0.3) is 11.8 Å².